The summed E-state index contributed by atoms with van der Waals surface area (Å²) in [6, 6.07) is 2.90. The third-order valence-corrected chi connectivity index (χ3v) is 3.28. The molecule has 1 aliphatic heterocycles. The Morgan fingerprint density at radius 3 is 3.06 bits per heavy atom. The van der Waals surface area contributed by atoms with Gasteiger partial charge in [0, 0.05) is 38.1 Å². The van der Waals surface area contributed by atoms with Crippen molar-refractivity contribution in [1.82, 2.24) is 14.8 Å². The second-order valence-corrected chi connectivity index (χ2v) is 4.89. The van der Waals surface area contributed by atoms with Crippen molar-refractivity contribution in [3.63, 3.8) is 0 Å². The molecule has 1 N–H and O–H groups in total. The van der Waals surface area contributed by atoms with Gasteiger partial charge in [0.2, 0.25) is 0 Å². The van der Waals surface area contributed by atoms with Crippen LogP contribution in [0.15, 0.2) is 18.5 Å². The Labute approximate surface area is 98.4 Å². The number of aryl methyl sites for hydroxylation is 1. The van der Waals surface area contributed by atoms with E-state index < -0.39 is 0 Å². The average Bonchev–Trinajstić information content (AvgIpc) is 2.85. The van der Waals surface area contributed by atoms with Gasteiger partial charge in [-0.15, -0.1) is 0 Å². The summed E-state index contributed by atoms with van der Waals surface area (Å²) in [5, 5.41) is 3.63. The van der Waals surface area contributed by atoms with E-state index >= 15 is 0 Å². The fourth-order valence-electron chi connectivity index (χ4n) is 2.36. The summed E-state index contributed by atoms with van der Waals surface area (Å²) in [6.45, 7) is 6.78. The summed E-state index contributed by atoms with van der Waals surface area (Å²) in [4.78, 5) is 2.39. The lowest BCUT2D eigenvalue weighted by Gasteiger charge is -2.11. The van der Waals surface area contributed by atoms with Crippen LogP contribution in [0, 0.1) is 0 Å². The number of hydrogen-bond acceptors (Lipinski definition) is 2. The molecule has 0 amide bonds. The third-order valence-electron chi connectivity index (χ3n) is 3.28. The molecule has 0 radical (unpaired) electrons. The zero-order valence-electron chi connectivity index (χ0n) is 10.4. The number of nitrogens with zero attached hydrogens (tertiary/aromatic N) is 2. The summed E-state index contributed by atoms with van der Waals surface area (Å²) in [6.07, 6.45) is 6.93. The molecule has 0 saturated carbocycles. The van der Waals surface area contributed by atoms with Crippen molar-refractivity contribution >= 4 is 0 Å². The molecule has 1 unspecified atom stereocenters. The summed E-state index contributed by atoms with van der Waals surface area (Å²) in [5.41, 5.74) is 1.41. The molecular weight excluding hydrogens is 198 g/mol. The minimum Gasteiger partial charge on any atom is -0.354 e. The standard InChI is InChI=1S/C13H23N3/c1-3-6-16-8-4-12(10-16)9-14-13-5-7-15(2)11-13/h4,8,10,13-14H,3,5-7,9,11H2,1-2H3. The molecule has 0 aliphatic carbocycles. The van der Waals surface area contributed by atoms with Gasteiger partial charge >= 0.3 is 0 Å². The van der Waals surface area contributed by atoms with Crippen LogP contribution in [0.3, 0.4) is 0 Å². The van der Waals surface area contributed by atoms with Gasteiger partial charge in [0.25, 0.3) is 0 Å². The first-order chi connectivity index (χ1) is 7.78. The molecule has 0 spiro atoms. The SMILES string of the molecule is CCCn1ccc(CNC2CCN(C)C2)c1. The monoisotopic (exact) mass is 221 g/mol. The van der Waals surface area contributed by atoms with E-state index in [0.29, 0.717) is 6.04 Å². The van der Waals surface area contributed by atoms with Crippen molar-refractivity contribution in [1.29, 1.82) is 0 Å². The van der Waals surface area contributed by atoms with Crippen LogP contribution in [0.4, 0.5) is 0 Å². The van der Waals surface area contributed by atoms with Crippen LogP contribution in [0.2, 0.25) is 0 Å². The number of hydrogen-bond donors (Lipinski definition) is 1. The molecule has 1 aromatic rings. The highest BCUT2D eigenvalue weighted by Gasteiger charge is 2.18. The lowest BCUT2D eigenvalue weighted by Crippen LogP contribution is -2.30. The smallest absolute Gasteiger partial charge is 0.0223 e. The Bertz CT molecular complexity index is 319. The molecule has 1 aromatic heterocycles. The van der Waals surface area contributed by atoms with E-state index in [1.165, 1.54) is 31.5 Å². The lowest BCUT2D eigenvalue weighted by molar-refractivity contribution is 0.397. The van der Waals surface area contributed by atoms with Crippen molar-refractivity contribution in [2.75, 3.05) is 20.1 Å². The highest BCUT2D eigenvalue weighted by molar-refractivity contribution is 5.10. The summed E-state index contributed by atoms with van der Waals surface area (Å²) >= 11 is 0. The summed E-state index contributed by atoms with van der Waals surface area (Å²) < 4.78 is 2.28. The first-order valence-corrected chi connectivity index (χ1v) is 6.34. The van der Waals surface area contributed by atoms with E-state index in [0.717, 1.165) is 13.1 Å². The Morgan fingerprint density at radius 1 is 1.50 bits per heavy atom. The molecule has 1 saturated heterocycles. The molecule has 3 heteroatoms. The van der Waals surface area contributed by atoms with Crippen molar-refractivity contribution in [3.05, 3.63) is 24.0 Å². The minimum atomic E-state index is 0.680. The average molecular weight is 221 g/mol. The van der Waals surface area contributed by atoms with E-state index in [2.05, 4.69) is 47.2 Å². The van der Waals surface area contributed by atoms with E-state index in [1.54, 1.807) is 0 Å². The Hall–Kier alpha value is -0.800. The van der Waals surface area contributed by atoms with Gasteiger partial charge < -0.3 is 14.8 Å². The largest absolute Gasteiger partial charge is 0.354 e. The molecule has 0 bridgehead atoms. The quantitative estimate of drug-likeness (QED) is 0.816. The zero-order valence-corrected chi connectivity index (χ0v) is 10.4. The van der Waals surface area contributed by atoms with E-state index in [9.17, 15) is 0 Å². The highest BCUT2D eigenvalue weighted by Crippen LogP contribution is 2.08. The van der Waals surface area contributed by atoms with Gasteiger partial charge in [0.1, 0.15) is 0 Å². The molecule has 3 nitrogen and oxygen atoms in total. The number of aromatic nitrogens is 1. The van der Waals surface area contributed by atoms with Gasteiger partial charge in [0.05, 0.1) is 0 Å². The van der Waals surface area contributed by atoms with Crippen molar-refractivity contribution in [2.45, 2.75) is 38.9 Å². The Kier molecular flexibility index (Phi) is 4.02. The van der Waals surface area contributed by atoms with Crippen LogP contribution >= 0.6 is 0 Å². The first-order valence-electron chi connectivity index (χ1n) is 6.34. The molecule has 16 heavy (non-hydrogen) atoms. The Balaban J connectivity index is 1.76. The second kappa shape index (κ2) is 5.51. The van der Waals surface area contributed by atoms with Crippen molar-refractivity contribution in [2.24, 2.45) is 0 Å². The molecule has 90 valence electrons. The molecule has 2 rings (SSSR count). The molecular formula is C13H23N3. The molecule has 1 atom stereocenters. The van der Waals surface area contributed by atoms with Crippen molar-refractivity contribution < 1.29 is 0 Å². The van der Waals surface area contributed by atoms with Crippen LogP contribution in [-0.4, -0.2) is 35.6 Å². The third kappa shape index (κ3) is 3.09. The maximum Gasteiger partial charge on any atom is 0.0223 e. The number of rotatable bonds is 5. The lowest BCUT2D eigenvalue weighted by atomic mass is 10.2. The zero-order chi connectivity index (χ0) is 11.4. The van der Waals surface area contributed by atoms with E-state index in [-0.39, 0.29) is 0 Å². The number of nitrogens with one attached hydrogen (secondary N) is 1. The topological polar surface area (TPSA) is 20.2 Å². The Morgan fingerprint density at radius 2 is 2.38 bits per heavy atom. The van der Waals surface area contributed by atoms with Crippen LogP contribution in [-0.2, 0) is 13.1 Å². The molecule has 0 aromatic carbocycles. The summed E-state index contributed by atoms with van der Waals surface area (Å²) in [7, 11) is 2.19. The fraction of sp³-hybridized carbons (Fsp3) is 0.692. The normalized spacial score (nSPS) is 21.8. The van der Waals surface area contributed by atoms with Gasteiger partial charge in [-0.1, -0.05) is 6.92 Å². The van der Waals surface area contributed by atoms with Gasteiger partial charge in [-0.3, -0.25) is 0 Å². The number of likely N-dealkylation sites (tertiary alicyclic amines) is 1. The maximum atomic E-state index is 3.63. The second-order valence-electron chi connectivity index (χ2n) is 4.89. The van der Waals surface area contributed by atoms with Gasteiger partial charge in [-0.25, -0.2) is 0 Å². The van der Waals surface area contributed by atoms with E-state index in [4.69, 9.17) is 0 Å². The predicted octanol–water partition coefficient (Wildman–Crippen LogP) is 1.69. The number of likely N-dealkylation sites (N-methyl/N-ethyl adjacent to an activating group) is 1. The van der Waals surface area contributed by atoms with Gasteiger partial charge in [-0.05, 0) is 38.1 Å². The molecule has 2 heterocycles. The molecule has 1 fully saturated rings. The van der Waals surface area contributed by atoms with Crippen LogP contribution < -0.4 is 5.32 Å². The minimum absolute atomic E-state index is 0.680. The first kappa shape index (κ1) is 11.7. The maximum absolute atomic E-state index is 3.63. The van der Waals surface area contributed by atoms with Crippen molar-refractivity contribution in [3.8, 4) is 0 Å². The van der Waals surface area contributed by atoms with Gasteiger partial charge in [-0.2, -0.15) is 0 Å². The van der Waals surface area contributed by atoms with E-state index in [1.807, 2.05) is 0 Å². The predicted molar refractivity (Wildman–Crippen MR) is 67.5 cm³/mol. The van der Waals surface area contributed by atoms with Crippen LogP contribution in [0.1, 0.15) is 25.3 Å². The fourth-order valence-corrected chi connectivity index (χ4v) is 2.36. The molecule has 1 aliphatic rings. The van der Waals surface area contributed by atoms with Crippen LogP contribution in [0.25, 0.3) is 0 Å². The van der Waals surface area contributed by atoms with Gasteiger partial charge in [0.15, 0.2) is 0 Å². The summed E-state index contributed by atoms with van der Waals surface area (Å²) in [5.74, 6) is 0. The highest BCUT2D eigenvalue weighted by atomic mass is 15.2. The van der Waals surface area contributed by atoms with Crippen LogP contribution in [0.5, 0.6) is 0 Å².